The van der Waals surface area contributed by atoms with Crippen molar-refractivity contribution in [3.8, 4) is 0 Å². The number of nitrogens with zero attached hydrogens (tertiary/aromatic N) is 1. The van der Waals surface area contributed by atoms with E-state index in [1.54, 1.807) is 0 Å². The summed E-state index contributed by atoms with van der Waals surface area (Å²) < 4.78 is 0. The first-order valence-corrected chi connectivity index (χ1v) is 2.50. The lowest BCUT2D eigenvalue weighted by molar-refractivity contribution is -0.114. The fraction of sp³-hybridized carbons (Fsp3) is 0.200. The smallest absolute Gasteiger partial charge is 0.248 e. The molecule has 0 aliphatic carbocycles. The molecule has 1 amide bonds. The van der Waals surface area contributed by atoms with Crippen molar-refractivity contribution in [1.29, 1.82) is 0 Å². The van der Waals surface area contributed by atoms with Gasteiger partial charge in [-0.15, -0.1) is 0 Å². The van der Waals surface area contributed by atoms with Gasteiger partial charge in [0.05, 0.1) is 17.8 Å². The van der Waals surface area contributed by atoms with Gasteiger partial charge in [0.25, 0.3) is 0 Å². The molecule has 0 radical (unpaired) electrons. The first-order chi connectivity index (χ1) is 4.22. The lowest BCUT2D eigenvalue weighted by Crippen LogP contribution is -2.18. The molecule has 0 fully saturated rings. The third-order valence-corrected chi connectivity index (χ3v) is 1.13. The van der Waals surface area contributed by atoms with Gasteiger partial charge in [0.1, 0.15) is 0 Å². The van der Waals surface area contributed by atoms with Crippen LogP contribution in [0.3, 0.4) is 0 Å². The Morgan fingerprint density at radius 3 is 2.67 bits per heavy atom. The molecule has 1 rings (SSSR count). The zero-order chi connectivity index (χ0) is 6.85. The van der Waals surface area contributed by atoms with E-state index in [1.807, 2.05) is 0 Å². The van der Waals surface area contributed by atoms with Crippen LogP contribution in [0.4, 0.5) is 0 Å². The number of aliphatic imine (C=N–C) groups is 1. The molecule has 0 atom stereocenters. The molecular formula is C5H7N3O. The number of carbonyl (C=O) groups is 1. The number of nitrogens with two attached hydrogens (primary N) is 2. The molecule has 0 aromatic rings. The molecule has 4 heteroatoms. The van der Waals surface area contributed by atoms with E-state index in [0.717, 1.165) is 0 Å². The van der Waals surface area contributed by atoms with Crippen molar-refractivity contribution >= 4 is 12.1 Å². The standard InChI is InChI=1S/C5H7N3O/c6-4-2-8-1-3(4)5(7)9/h2H,1,6H2,(H2,7,9). The molecule has 0 aromatic heterocycles. The molecular weight excluding hydrogens is 118 g/mol. The number of hydrogen-bond acceptors (Lipinski definition) is 3. The number of primary amides is 1. The van der Waals surface area contributed by atoms with Crippen molar-refractivity contribution in [2.45, 2.75) is 0 Å². The summed E-state index contributed by atoms with van der Waals surface area (Å²) in [5.74, 6) is -0.481. The van der Waals surface area contributed by atoms with E-state index in [4.69, 9.17) is 11.5 Å². The molecule has 4 nitrogen and oxygen atoms in total. The van der Waals surface area contributed by atoms with Crippen LogP contribution in [0.1, 0.15) is 0 Å². The van der Waals surface area contributed by atoms with E-state index < -0.39 is 5.91 Å². The van der Waals surface area contributed by atoms with Gasteiger partial charge >= 0.3 is 0 Å². The quantitative estimate of drug-likeness (QED) is 0.460. The van der Waals surface area contributed by atoms with Crippen LogP contribution < -0.4 is 11.5 Å². The van der Waals surface area contributed by atoms with Gasteiger partial charge in [0.2, 0.25) is 5.91 Å². The van der Waals surface area contributed by atoms with Gasteiger partial charge < -0.3 is 11.5 Å². The molecule has 1 heterocycles. The van der Waals surface area contributed by atoms with Gasteiger partial charge in [-0.25, -0.2) is 0 Å². The Bertz CT molecular complexity index is 204. The molecule has 4 N–H and O–H groups in total. The summed E-state index contributed by atoms with van der Waals surface area (Å²) in [6, 6.07) is 0. The maximum absolute atomic E-state index is 10.4. The van der Waals surface area contributed by atoms with Crippen LogP contribution in [0, 0.1) is 0 Å². The Labute approximate surface area is 52.2 Å². The van der Waals surface area contributed by atoms with E-state index in [2.05, 4.69) is 4.99 Å². The second-order valence-corrected chi connectivity index (χ2v) is 1.77. The highest BCUT2D eigenvalue weighted by atomic mass is 16.1. The van der Waals surface area contributed by atoms with Crippen molar-refractivity contribution in [3.63, 3.8) is 0 Å². The van der Waals surface area contributed by atoms with Gasteiger partial charge in [-0.2, -0.15) is 0 Å². The first kappa shape index (κ1) is 5.81. The molecule has 0 saturated heterocycles. The van der Waals surface area contributed by atoms with Crippen LogP contribution in [0.25, 0.3) is 0 Å². The summed E-state index contributed by atoms with van der Waals surface area (Å²) in [6.07, 6.45) is 1.44. The van der Waals surface area contributed by atoms with E-state index in [-0.39, 0.29) is 0 Å². The summed E-state index contributed by atoms with van der Waals surface area (Å²) in [6.45, 7) is 0.334. The van der Waals surface area contributed by atoms with Gasteiger partial charge in [-0.05, 0) is 0 Å². The van der Waals surface area contributed by atoms with Gasteiger partial charge in [0.15, 0.2) is 0 Å². The average molecular weight is 125 g/mol. The fourth-order valence-electron chi connectivity index (χ4n) is 0.625. The molecule has 0 bridgehead atoms. The van der Waals surface area contributed by atoms with Crippen molar-refractivity contribution in [3.05, 3.63) is 11.3 Å². The van der Waals surface area contributed by atoms with Crippen LogP contribution in [-0.4, -0.2) is 18.7 Å². The third-order valence-electron chi connectivity index (χ3n) is 1.13. The Hall–Kier alpha value is -1.32. The Morgan fingerprint density at radius 1 is 1.78 bits per heavy atom. The number of amides is 1. The van der Waals surface area contributed by atoms with Crippen LogP contribution >= 0.6 is 0 Å². The van der Waals surface area contributed by atoms with E-state index in [9.17, 15) is 4.79 Å². The Morgan fingerprint density at radius 2 is 2.44 bits per heavy atom. The topological polar surface area (TPSA) is 81.5 Å². The Balaban J connectivity index is 2.85. The third kappa shape index (κ3) is 0.910. The predicted molar refractivity (Wildman–Crippen MR) is 33.8 cm³/mol. The van der Waals surface area contributed by atoms with Crippen LogP contribution in [-0.2, 0) is 4.79 Å². The normalized spacial score (nSPS) is 16.9. The number of hydrogen-bond donors (Lipinski definition) is 2. The summed E-state index contributed by atoms with van der Waals surface area (Å²) >= 11 is 0. The highest BCUT2D eigenvalue weighted by molar-refractivity contribution is 6.01. The van der Waals surface area contributed by atoms with Gasteiger partial charge in [-0.1, -0.05) is 0 Å². The molecule has 9 heavy (non-hydrogen) atoms. The lowest BCUT2D eigenvalue weighted by Gasteiger charge is -1.92. The average Bonchev–Trinajstić information content (AvgIpc) is 2.13. The summed E-state index contributed by atoms with van der Waals surface area (Å²) in [4.78, 5) is 14.2. The maximum Gasteiger partial charge on any atom is 0.248 e. The van der Waals surface area contributed by atoms with E-state index in [1.165, 1.54) is 6.21 Å². The molecule has 0 saturated carbocycles. The summed E-state index contributed by atoms with van der Waals surface area (Å²) in [7, 11) is 0. The second kappa shape index (κ2) is 1.89. The molecule has 0 aromatic carbocycles. The minimum Gasteiger partial charge on any atom is -0.397 e. The summed E-state index contributed by atoms with van der Waals surface area (Å²) in [5, 5.41) is 0. The lowest BCUT2D eigenvalue weighted by atomic mass is 10.2. The zero-order valence-electron chi connectivity index (χ0n) is 4.79. The first-order valence-electron chi connectivity index (χ1n) is 2.50. The monoisotopic (exact) mass is 125 g/mol. The number of allylic oxidation sites excluding steroid dienone is 1. The minimum absolute atomic E-state index is 0.334. The highest BCUT2D eigenvalue weighted by Crippen LogP contribution is 2.02. The SMILES string of the molecule is NC(=O)C1=C(N)C=NC1. The second-order valence-electron chi connectivity index (χ2n) is 1.77. The molecule has 0 unspecified atom stereocenters. The van der Waals surface area contributed by atoms with E-state index in [0.29, 0.717) is 17.8 Å². The van der Waals surface area contributed by atoms with Crippen LogP contribution in [0.2, 0.25) is 0 Å². The molecule has 1 aliphatic heterocycles. The molecule has 0 spiro atoms. The predicted octanol–water partition coefficient (Wildman–Crippen LogP) is -1.23. The van der Waals surface area contributed by atoms with Crippen molar-refractivity contribution in [2.24, 2.45) is 16.5 Å². The number of carbonyl (C=O) groups excluding carboxylic acids is 1. The minimum atomic E-state index is -0.481. The zero-order valence-corrected chi connectivity index (χ0v) is 4.79. The fourth-order valence-corrected chi connectivity index (χ4v) is 0.625. The van der Waals surface area contributed by atoms with Crippen molar-refractivity contribution in [2.75, 3.05) is 6.54 Å². The van der Waals surface area contributed by atoms with Crippen LogP contribution in [0.15, 0.2) is 16.3 Å². The summed E-state index contributed by atoms with van der Waals surface area (Å²) in [5.41, 5.74) is 11.0. The van der Waals surface area contributed by atoms with Gasteiger partial charge in [-0.3, -0.25) is 9.79 Å². The largest absolute Gasteiger partial charge is 0.397 e. The van der Waals surface area contributed by atoms with E-state index >= 15 is 0 Å². The van der Waals surface area contributed by atoms with Crippen LogP contribution in [0.5, 0.6) is 0 Å². The highest BCUT2D eigenvalue weighted by Gasteiger charge is 2.11. The molecule has 1 aliphatic rings. The maximum atomic E-state index is 10.4. The Kier molecular flexibility index (Phi) is 1.22. The molecule has 48 valence electrons. The van der Waals surface area contributed by atoms with Crippen molar-refractivity contribution < 1.29 is 4.79 Å². The number of rotatable bonds is 1. The van der Waals surface area contributed by atoms with Crippen molar-refractivity contribution in [1.82, 2.24) is 0 Å². The van der Waals surface area contributed by atoms with Gasteiger partial charge in [0, 0.05) is 6.21 Å².